The zero-order chi connectivity index (χ0) is 18.8. The highest BCUT2D eigenvalue weighted by Gasteiger charge is 2.16. The second-order valence-electron chi connectivity index (χ2n) is 6.34. The van der Waals surface area contributed by atoms with Gasteiger partial charge in [-0.2, -0.15) is 0 Å². The van der Waals surface area contributed by atoms with Gasteiger partial charge in [-0.25, -0.2) is 0 Å². The van der Waals surface area contributed by atoms with Crippen LogP contribution < -0.4 is 21.1 Å². The normalized spacial score (nSPS) is 13.5. The Kier molecular flexibility index (Phi) is 8.70. The summed E-state index contributed by atoms with van der Waals surface area (Å²) >= 11 is 0. The van der Waals surface area contributed by atoms with Gasteiger partial charge in [-0.3, -0.25) is 9.59 Å². The van der Waals surface area contributed by atoms with Gasteiger partial charge in [-0.1, -0.05) is 26.8 Å². The van der Waals surface area contributed by atoms with E-state index in [-0.39, 0.29) is 17.9 Å². The molecule has 138 valence electrons. The number of anilines is 1. The van der Waals surface area contributed by atoms with Crippen LogP contribution in [-0.2, 0) is 9.59 Å². The summed E-state index contributed by atoms with van der Waals surface area (Å²) in [5, 5.41) is 5.66. The molecule has 0 heterocycles. The number of ether oxygens (including phenoxy) is 1. The van der Waals surface area contributed by atoms with E-state index in [0.29, 0.717) is 18.0 Å². The van der Waals surface area contributed by atoms with Crippen molar-refractivity contribution in [2.45, 2.75) is 45.7 Å². The van der Waals surface area contributed by atoms with E-state index in [0.717, 1.165) is 12.2 Å². The number of methoxy groups -OCH3 is 1. The summed E-state index contributed by atoms with van der Waals surface area (Å²) in [6, 6.07) is 6.31. The van der Waals surface area contributed by atoms with Crippen molar-refractivity contribution in [2.75, 3.05) is 12.4 Å². The van der Waals surface area contributed by atoms with Gasteiger partial charge < -0.3 is 21.1 Å². The lowest BCUT2D eigenvalue weighted by atomic mass is 10.0. The average molecular weight is 347 g/mol. The largest absolute Gasteiger partial charge is 0.497 e. The van der Waals surface area contributed by atoms with Crippen LogP contribution in [0.25, 0.3) is 0 Å². The molecule has 0 aliphatic carbocycles. The molecule has 2 atom stereocenters. The van der Waals surface area contributed by atoms with E-state index in [1.807, 2.05) is 6.92 Å². The molecule has 0 aliphatic rings. The zero-order valence-corrected chi connectivity index (χ0v) is 15.4. The Bertz CT molecular complexity index is 582. The highest BCUT2D eigenvalue weighted by atomic mass is 16.5. The van der Waals surface area contributed by atoms with Gasteiger partial charge in [0.25, 0.3) is 0 Å². The van der Waals surface area contributed by atoms with E-state index in [2.05, 4.69) is 24.5 Å². The third-order valence-corrected chi connectivity index (χ3v) is 3.67. The van der Waals surface area contributed by atoms with Crippen LogP contribution in [0.3, 0.4) is 0 Å². The summed E-state index contributed by atoms with van der Waals surface area (Å²) in [6.07, 6.45) is 4.45. The van der Waals surface area contributed by atoms with Gasteiger partial charge in [0.1, 0.15) is 5.75 Å². The molecule has 2 unspecified atom stereocenters. The highest BCUT2D eigenvalue weighted by molar-refractivity contribution is 5.99. The molecule has 0 bridgehead atoms. The molecule has 0 aromatic heterocycles. The van der Waals surface area contributed by atoms with Crippen molar-refractivity contribution in [2.24, 2.45) is 11.7 Å². The van der Waals surface area contributed by atoms with Crippen molar-refractivity contribution in [3.8, 4) is 5.75 Å². The van der Waals surface area contributed by atoms with Crippen LogP contribution in [0.5, 0.6) is 5.75 Å². The number of nitrogens with two attached hydrogens (primary N) is 1. The van der Waals surface area contributed by atoms with Crippen molar-refractivity contribution in [3.05, 3.63) is 36.4 Å². The standard InChI is InChI=1S/C19H29N3O3/c1-5-17(20)19(24)22-15(12-13(2)3)8-11-18(23)21-14-6-9-16(25-4)10-7-14/h6-11,13,15,17H,5,12,20H2,1-4H3,(H,21,23)(H,22,24). The first kappa shape index (κ1) is 20.7. The van der Waals surface area contributed by atoms with Crippen LogP contribution in [0.4, 0.5) is 5.69 Å². The average Bonchev–Trinajstić information content (AvgIpc) is 2.59. The van der Waals surface area contributed by atoms with Gasteiger partial charge in [0.15, 0.2) is 0 Å². The molecule has 25 heavy (non-hydrogen) atoms. The van der Waals surface area contributed by atoms with E-state index in [1.54, 1.807) is 37.5 Å². The van der Waals surface area contributed by atoms with Crippen LogP contribution in [0, 0.1) is 5.92 Å². The van der Waals surface area contributed by atoms with E-state index >= 15 is 0 Å². The van der Waals surface area contributed by atoms with Crippen LogP contribution in [0.15, 0.2) is 36.4 Å². The number of carbonyl (C=O) groups is 2. The number of hydrogen-bond acceptors (Lipinski definition) is 4. The smallest absolute Gasteiger partial charge is 0.248 e. The van der Waals surface area contributed by atoms with Gasteiger partial charge in [-0.15, -0.1) is 0 Å². The van der Waals surface area contributed by atoms with Gasteiger partial charge in [-0.05, 0) is 43.0 Å². The van der Waals surface area contributed by atoms with Gasteiger partial charge in [0, 0.05) is 17.8 Å². The summed E-state index contributed by atoms with van der Waals surface area (Å²) in [6.45, 7) is 5.98. The lowest BCUT2D eigenvalue weighted by Gasteiger charge is -2.19. The molecule has 2 amide bonds. The summed E-state index contributed by atoms with van der Waals surface area (Å²) in [5.74, 6) is 0.638. The van der Waals surface area contributed by atoms with E-state index in [9.17, 15) is 9.59 Å². The predicted octanol–water partition coefficient (Wildman–Crippen LogP) is 2.46. The maximum atomic E-state index is 12.1. The van der Waals surface area contributed by atoms with Crippen LogP contribution in [0.1, 0.15) is 33.6 Å². The maximum absolute atomic E-state index is 12.1. The SMILES string of the molecule is CCC(N)C(=O)NC(C=CC(=O)Nc1ccc(OC)cc1)CC(C)C. The Balaban J connectivity index is 2.66. The predicted molar refractivity (Wildman–Crippen MR) is 100 cm³/mol. The second kappa shape index (κ2) is 10.5. The molecule has 0 radical (unpaired) electrons. The van der Waals surface area contributed by atoms with Gasteiger partial charge in [0.05, 0.1) is 13.2 Å². The van der Waals surface area contributed by atoms with Crippen LogP contribution in [0.2, 0.25) is 0 Å². The number of amides is 2. The molecule has 0 saturated carbocycles. The topological polar surface area (TPSA) is 93.5 Å². The lowest BCUT2D eigenvalue weighted by Crippen LogP contribution is -2.44. The molecule has 0 fully saturated rings. The second-order valence-corrected chi connectivity index (χ2v) is 6.34. The fraction of sp³-hybridized carbons (Fsp3) is 0.474. The van der Waals surface area contributed by atoms with Crippen molar-refractivity contribution in [3.63, 3.8) is 0 Å². The first-order chi connectivity index (χ1) is 11.8. The number of benzene rings is 1. The monoisotopic (exact) mass is 347 g/mol. The Hall–Kier alpha value is -2.34. The molecule has 1 rings (SSSR count). The van der Waals surface area contributed by atoms with Crippen molar-refractivity contribution in [1.29, 1.82) is 0 Å². The third kappa shape index (κ3) is 7.85. The van der Waals surface area contributed by atoms with E-state index < -0.39 is 6.04 Å². The molecule has 0 spiro atoms. The molecular weight excluding hydrogens is 318 g/mol. The van der Waals surface area contributed by atoms with Gasteiger partial charge >= 0.3 is 0 Å². The molecule has 0 saturated heterocycles. The Morgan fingerprint density at radius 3 is 2.40 bits per heavy atom. The third-order valence-electron chi connectivity index (χ3n) is 3.67. The molecule has 4 N–H and O–H groups in total. The van der Waals surface area contributed by atoms with Gasteiger partial charge in [0.2, 0.25) is 11.8 Å². The van der Waals surface area contributed by atoms with Crippen LogP contribution >= 0.6 is 0 Å². The first-order valence-electron chi connectivity index (χ1n) is 8.54. The summed E-state index contributed by atoms with van der Waals surface area (Å²) < 4.78 is 5.08. The van der Waals surface area contributed by atoms with E-state index in [4.69, 9.17) is 10.5 Å². The number of carbonyl (C=O) groups excluding carboxylic acids is 2. The Morgan fingerprint density at radius 2 is 1.88 bits per heavy atom. The Labute approximate surface area is 149 Å². The molecule has 1 aromatic carbocycles. The fourth-order valence-corrected chi connectivity index (χ4v) is 2.23. The zero-order valence-electron chi connectivity index (χ0n) is 15.4. The maximum Gasteiger partial charge on any atom is 0.248 e. The molecule has 0 aliphatic heterocycles. The molecule has 1 aromatic rings. The van der Waals surface area contributed by atoms with Crippen molar-refractivity contribution < 1.29 is 14.3 Å². The number of nitrogens with one attached hydrogen (secondary N) is 2. The molecule has 6 heteroatoms. The molecular formula is C19H29N3O3. The minimum absolute atomic E-state index is 0.201. The van der Waals surface area contributed by atoms with Crippen molar-refractivity contribution >= 4 is 17.5 Å². The summed E-state index contributed by atoms with van der Waals surface area (Å²) in [5.41, 5.74) is 6.43. The van der Waals surface area contributed by atoms with Crippen LogP contribution in [-0.4, -0.2) is 31.0 Å². The van der Waals surface area contributed by atoms with Crippen molar-refractivity contribution in [1.82, 2.24) is 5.32 Å². The minimum Gasteiger partial charge on any atom is -0.497 e. The highest BCUT2D eigenvalue weighted by Crippen LogP contribution is 2.15. The fourth-order valence-electron chi connectivity index (χ4n) is 2.23. The molecule has 6 nitrogen and oxygen atoms in total. The first-order valence-corrected chi connectivity index (χ1v) is 8.54. The quantitative estimate of drug-likeness (QED) is 0.598. The Morgan fingerprint density at radius 1 is 1.24 bits per heavy atom. The number of rotatable bonds is 9. The summed E-state index contributed by atoms with van der Waals surface area (Å²) in [4.78, 5) is 24.0. The minimum atomic E-state index is -0.531. The lowest BCUT2D eigenvalue weighted by molar-refractivity contribution is -0.123. The van der Waals surface area contributed by atoms with E-state index in [1.165, 1.54) is 6.08 Å². The number of hydrogen-bond donors (Lipinski definition) is 3. The summed E-state index contributed by atoms with van der Waals surface area (Å²) in [7, 11) is 1.59.